The highest BCUT2D eigenvalue weighted by Gasteiger charge is 2.16. The Morgan fingerprint density at radius 3 is 2.79 bits per heavy atom. The molecule has 0 saturated carbocycles. The van der Waals surface area contributed by atoms with Crippen LogP contribution in [0.4, 0.5) is 4.39 Å². The van der Waals surface area contributed by atoms with Crippen LogP contribution in [0, 0.1) is 5.82 Å². The zero-order chi connectivity index (χ0) is 10.7. The first-order chi connectivity index (χ1) is 6.57. The van der Waals surface area contributed by atoms with Crippen molar-refractivity contribution in [3.8, 4) is 0 Å². The number of halogens is 2. The lowest BCUT2D eigenvalue weighted by Crippen LogP contribution is -2.05. The molecular formula is C9H8BrFO3. The van der Waals surface area contributed by atoms with E-state index >= 15 is 0 Å². The third kappa shape index (κ3) is 2.10. The molecule has 14 heavy (non-hydrogen) atoms. The van der Waals surface area contributed by atoms with Crippen molar-refractivity contribution in [1.29, 1.82) is 0 Å². The van der Waals surface area contributed by atoms with Crippen molar-refractivity contribution in [2.75, 3.05) is 7.11 Å². The van der Waals surface area contributed by atoms with Gasteiger partial charge in [-0.05, 0) is 12.1 Å². The first kappa shape index (κ1) is 11.1. The van der Waals surface area contributed by atoms with Crippen LogP contribution < -0.4 is 0 Å². The average molecular weight is 263 g/mol. The summed E-state index contributed by atoms with van der Waals surface area (Å²) in [5.74, 6) is -2.04. The van der Waals surface area contributed by atoms with E-state index in [4.69, 9.17) is 9.84 Å². The highest BCUT2D eigenvalue weighted by atomic mass is 79.9. The number of rotatable bonds is 3. The molecule has 0 bridgehead atoms. The second kappa shape index (κ2) is 4.52. The van der Waals surface area contributed by atoms with Gasteiger partial charge in [0.25, 0.3) is 0 Å². The van der Waals surface area contributed by atoms with Gasteiger partial charge in [-0.1, -0.05) is 15.9 Å². The summed E-state index contributed by atoms with van der Waals surface area (Å²) < 4.78 is 18.7. The Labute approximate surface area is 88.6 Å². The van der Waals surface area contributed by atoms with Crippen molar-refractivity contribution in [3.05, 3.63) is 33.5 Å². The number of carboxylic acids is 1. The van der Waals surface area contributed by atoms with Gasteiger partial charge in [-0.15, -0.1) is 0 Å². The van der Waals surface area contributed by atoms with Crippen LogP contribution in [0.5, 0.6) is 0 Å². The van der Waals surface area contributed by atoms with E-state index in [1.807, 2.05) is 0 Å². The molecule has 0 aliphatic carbocycles. The van der Waals surface area contributed by atoms with Gasteiger partial charge < -0.3 is 9.84 Å². The molecule has 1 aromatic rings. The molecule has 1 rings (SSSR count). The van der Waals surface area contributed by atoms with E-state index in [1.54, 1.807) is 0 Å². The predicted octanol–water partition coefficient (Wildman–Crippen LogP) is 2.43. The molecule has 76 valence electrons. The Kier molecular flexibility index (Phi) is 3.60. The monoisotopic (exact) mass is 262 g/mol. The summed E-state index contributed by atoms with van der Waals surface area (Å²) in [5, 5.41) is 8.65. The SMILES string of the molecule is COCc1c(Br)ccc(C(=O)O)c1F. The lowest BCUT2D eigenvalue weighted by Gasteiger charge is -2.06. The predicted molar refractivity (Wildman–Crippen MR) is 51.8 cm³/mol. The zero-order valence-electron chi connectivity index (χ0n) is 7.38. The number of ether oxygens (including phenoxy) is 1. The van der Waals surface area contributed by atoms with Gasteiger partial charge in [0.05, 0.1) is 12.2 Å². The minimum Gasteiger partial charge on any atom is -0.478 e. The Hall–Kier alpha value is -0.940. The van der Waals surface area contributed by atoms with Crippen molar-refractivity contribution in [2.45, 2.75) is 6.61 Å². The van der Waals surface area contributed by atoms with Crippen LogP contribution in [0.2, 0.25) is 0 Å². The van der Waals surface area contributed by atoms with E-state index in [0.717, 1.165) is 0 Å². The number of hydrogen-bond donors (Lipinski definition) is 1. The normalized spacial score (nSPS) is 10.2. The third-order valence-electron chi connectivity index (χ3n) is 1.71. The van der Waals surface area contributed by atoms with Crippen LogP contribution in [0.25, 0.3) is 0 Å². The van der Waals surface area contributed by atoms with Crippen molar-refractivity contribution in [1.82, 2.24) is 0 Å². The molecule has 0 saturated heterocycles. The van der Waals surface area contributed by atoms with Gasteiger partial charge in [-0.25, -0.2) is 9.18 Å². The number of aromatic carboxylic acids is 1. The highest BCUT2D eigenvalue weighted by Crippen LogP contribution is 2.23. The summed E-state index contributed by atoms with van der Waals surface area (Å²) in [5.41, 5.74) is -0.132. The maximum Gasteiger partial charge on any atom is 0.338 e. The number of benzene rings is 1. The van der Waals surface area contributed by atoms with Crippen LogP contribution in [0.1, 0.15) is 15.9 Å². The van der Waals surface area contributed by atoms with Gasteiger partial charge in [0, 0.05) is 17.1 Å². The van der Waals surface area contributed by atoms with Crippen molar-refractivity contribution in [3.63, 3.8) is 0 Å². The van der Waals surface area contributed by atoms with Crippen LogP contribution in [-0.4, -0.2) is 18.2 Å². The topological polar surface area (TPSA) is 46.5 Å². The van der Waals surface area contributed by atoms with Gasteiger partial charge in [0.15, 0.2) is 0 Å². The molecule has 0 spiro atoms. The molecule has 5 heteroatoms. The van der Waals surface area contributed by atoms with Crippen LogP contribution in [0.15, 0.2) is 16.6 Å². The summed E-state index contributed by atoms with van der Waals surface area (Å²) in [6.07, 6.45) is 0. The lowest BCUT2D eigenvalue weighted by atomic mass is 10.1. The molecule has 0 radical (unpaired) electrons. The Bertz CT molecular complexity index is 365. The number of methoxy groups -OCH3 is 1. The summed E-state index contributed by atoms with van der Waals surface area (Å²) in [6, 6.07) is 2.70. The summed E-state index contributed by atoms with van der Waals surface area (Å²) >= 11 is 3.12. The molecule has 1 N–H and O–H groups in total. The van der Waals surface area contributed by atoms with E-state index < -0.39 is 11.8 Å². The van der Waals surface area contributed by atoms with E-state index in [0.29, 0.717) is 4.47 Å². The molecular weight excluding hydrogens is 255 g/mol. The van der Waals surface area contributed by atoms with Crippen molar-refractivity contribution >= 4 is 21.9 Å². The lowest BCUT2D eigenvalue weighted by molar-refractivity contribution is 0.0691. The maximum absolute atomic E-state index is 13.5. The molecule has 3 nitrogen and oxygen atoms in total. The number of hydrogen-bond acceptors (Lipinski definition) is 2. The first-order valence-corrected chi connectivity index (χ1v) is 4.56. The third-order valence-corrected chi connectivity index (χ3v) is 2.45. The van der Waals surface area contributed by atoms with Crippen LogP contribution in [-0.2, 0) is 11.3 Å². The van der Waals surface area contributed by atoms with Gasteiger partial charge in [0.2, 0.25) is 0 Å². The molecule has 0 atom stereocenters. The summed E-state index contributed by atoms with van der Waals surface area (Å²) in [4.78, 5) is 10.6. The largest absolute Gasteiger partial charge is 0.478 e. The quantitative estimate of drug-likeness (QED) is 0.910. The minimum absolute atomic E-state index is 0.0353. The second-order valence-corrected chi connectivity index (χ2v) is 3.48. The molecule has 0 heterocycles. The Balaban J connectivity index is 3.26. The molecule has 0 fully saturated rings. The van der Waals surface area contributed by atoms with Gasteiger partial charge in [-0.2, -0.15) is 0 Å². The zero-order valence-corrected chi connectivity index (χ0v) is 8.97. The molecule has 0 aliphatic heterocycles. The highest BCUT2D eigenvalue weighted by molar-refractivity contribution is 9.10. The fourth-order valence-corrected chi connectivity index (χ4v) is 1.46. The Morgan fingerprint density at radius 2 is 2.29 bits per heavy atom. The van der Waals surface area contributed by atoms with Gasteiger partial charge in [0.1, 0.15) is 5.82 Å². The van der Waals surface area contributed by atoms with Crippen LogP contribution >= 0.6 is 15.9 Å². The van der Waals surface area contributed by atoms with E-state index in [1.165, 1.54) is 19.2 Å². The van der Waals surface area contributed by atoms with E-state index in [2.05, 4.69) is 15.9 Å². The van der Waals surface area contributed by atoms with E-state index in [9.17, 15) is 9.18 Å². The van der Waals surface area contributed by atoms with Gasteiger partial charge in [-0.3, -0.25) is 0 Å². The average Bonchev–Trinajstić information content (AvgIpc) is 2.11. The number of carbonyl (C=O) groups is 1. The van der Waals surface area contributed by atoms with Crippen LogP contribution in [0.3, 0.4) is 0 Å². The molecule has 0 unspecified atom stereocenters. The van der Waals surface area contributed by atoms with Gasteiger partial charge >= 0.3 is 5.97 Å². The second-order valence-electron chi connectivity index (χ2n) is 2.63. The summed E-state index contributed by atoms with van der Waals surface area (Å²) in [7, 11) is 1.42. The fraction of sp³-hybridized carbons (Fsp3) is 0.222. The van der Waals surface area contributed by atoms with Crippen molar-refractivity contribution < 1.29 is 19.0 Å². The van der Waals surface area contributed by atoms with Crippen molar-refractivity contribution in [2.24, 2.45) is 0 Å². The molecule has 1 aromatic carbocycles. The minimum atomic E-state index is -1.28. The Morgan fingerprint density at radius 1 is 1.64 bits per heavy atom. The standard InChI is InChI=1S/C9H8BrFO3/c1-14-4-6-7(10)3-2-5(8(6)11)9(12)13/h2-3H,4H2,1H3,(H,12,13). The summed E-state index contributed by atoms with van der Waals surface area (Å²) in [6.45, 7) is 0.0353. The molecule has 0 aliphatic rings. The maximum atomic E-state index is 13.5. The smallest absolute Gasteiger partial charge is 0.338 e. The fourth-order valence-electron chi connectivity index (χ4n) is 1.04. The molecule has 0 aromatic heterocycles. The number of carboxylic acid groups (broad SMARTS) is 1. The first-order valence-electron chi connectivity index (χ1n) is 3.77. The molecule has 0 amide bonds. The van der Waals surface area contributed by atoms with E-state index in [-0.39, 0.29) is 17.7 Å².